The molecule has 0 aliphatic carbocycles. The van der Waals surface area contributed by atoms with Gasteiger partial charge in [0.1, 0.15) is 5.75 Å². The van der Waals surface area contributed by atoms with Crippen LogP contribution in [0, 0.1) is 0 Å². The minimum absolute atomic E-state index is 0.603. The van der Waals surface area contributed by atoms with E-state index in [2.05, 4.69) is 6.92 Å². The topological polar surface area (TPSA) is 18.5 Å². The van der Waals surface area contributed by atoms with Crippen LogP contribution in [0.25, 0.3) is 0 Å². The van der Waals surface area contributed by atoms with Gasteiger partial charge < -0.3 is 8.85 Å². The summed E-state index contributed by atoms with van der Waals surface area (Å²) in [5.74, 6) is 0.800. The van der Waals surface area contributed by atoms with E-state index in [1.54, 1.807) is 0 Å². The fourth-order valence-corrected chi connectivity index (χ4v) is 4.42. The second kappa shape index (κ2) is 6.94. The Hall–Kier alpha value is -0.513. The maximum Gasteiger partial charge on any atom is 0.505 e. The Kier molecular flexibility index (Phi) is 5.88. The first-order chi connectivity index (χ1) is 7.70. The lowest BCUT2D eigenvalue weighted by atomic mass is 10.3. The molecule has 4 heteroatoms. The van der Waals surface area contributed by atoms with Crippen LogP contribution in [0.1, 0.15) is 26.7 Å². The van der Waals surface area contributed by atoms with Gasteiger partial charge in [0.2, 0.25) is 0 Å². The molecule has 0 amide bonds. The van der Waals surface area contributed by atoms with Crippen molar-refractivity contribution in [1.82, 2.24) is 0 Å². The van der Waals surface area contributed by atoms with Crippen molar-refractivity contribution in [2.45, 2.75) is 32.7 Å². The molecule has 0 aromatic heterocycles. The van der Waals surface area contributed by atoms with Gasteiger partial charge in [0.05, 0.1) is 0 Å². The molecule has 0 bridgehead atoms. The fraction of sp³-hybridized carbons (Fsp3) is 0.500. The lowest BCUT2D eigenvalue weighted by Gasteiger charge is -2.24. The van der Waals surface area contributed by atoms with Crippen LogP contribution in [0.4, 0.5) is 0 Å². The zero-order chi connectivity index (χ0) is 11.9. The number of unbranched alkanes of at least 4 members (excludes halogenated alkanes) is 1. The van der Waals surface area contributed by atoms with E-state index >= 15 is 0 Å². The molecule has 0 aliphatic rings. The second-order valence-corrected chi connectivity index (χ2v) is 7.65. The Morgan fingerprint density at radius 1 is 1.19 bits per heavy atom. The third kappa shape index (κ3) is 4.55. The van der Waals surface area contributed by atoms with Crippen molar-refractivity contribution in [2.24, 2.45) is 0 Å². The van der Waals surface area contributed by atoms with E-state index in [0.29, 0.717) is 6.61 Å². The number of rotatable bonds is 7. The second-order valence-electron chi connectivity index (χ2n) is 3.61. The van der Waals surface area contributed by atoms with Crippen molar-refractivity contribution in [3.8, 4) is 5.75 Å². The van der Waals surface area contributed by atoms with Crippen LogP contribution in [0.15, 0.2) is 30.3 Å². The fourth-order valence-electron chi connectivity index (χ4n) is 1.42. The van der Waals surface area contributed by atoms with Crippen LogP contribution in [0.3, 0.4) is 0 Å². The van der Waals surface area contributed by atoms with Crippen LogP contribution in [-0.4, -0.2) is 14.5 Å². The minimum Gasteiger partial charge on any atom is -0.510 e. The Morgan fingerprint density at radius 2 is 1.88 bits per heavy atom. The van der Waals surface area contributed by atoms with Crippen LogP contribution >= 0.6 is 11.1 Å². The van der Waals surface area contributed by atoms with Crippen molar-refractivity contribution in [3.05, 3.63) is 30.3 Å². The smallest absolute Gasteiger partial charge is 0.505 e. The molecule has 0 aliphatic heterocycles. The minimum atomic E-state index is -2.54. The van der Waals surface area contributed by atoms with Gasteiger partial charge >= 0.3 is 7.87 Å². The Labute approximate surface area is 103 Å². The van der Waals surface area contributed by atoms with Gasteiger partial charge in [-0.15, -0.1) is 0 Å². The predicted octanol–water partition coefficient (Wildman–Crippen LogP) is 4.08. The molecule has 90 valence electrons. The highest BCUT2D eigenvalue weighted by Crippen LogP contribution is 2.24. The maximum absolute atomic E-state index is 6.45. The van der Waals surface area contributed by atoms with E-state index in [4.69, 9.17) is 19.9 Å². The first kappa shape index (κ1) is 13.6. The van der Waals surface area contributed by atoms with E-state index in [-0.39, 0.29) is 0 Å². The molecule has 1 rings (SSSR count). The average molecular weight is 259 g/mol. The molecule has 0 spiro atoms. The van der Waals surface area contributed by atoms with E-state index in [0.717, 1.165) is 24.6 Å². The standard InChI is InChI=1S/C12H19ClO2Si/c1-3-5-11-16(13,14-4-2)15-12-9-7-6-8-10-12/h6-10H,3-5,11H2,1-2H3. The van der Waals surface area contributed by atoms with Gasteiger partial charge in [-0.25, -0.2) is 0 Å². The van der Waals surface area contributed by atoms with Gasteiger partial charge in [-0.1, -0.05) is 42.6 Å². The first-order valence-electron chi connectivity index (χ1n) is 5.77. The molecule has 1 aromatic rings. The highest BCUT2D eigenvalue weighted by Gasteiger charge is 2.37. The lowest BCUT2D eigenvalue weighted by Crippen LogP contribution is -2.39. The Bertz CT molecular complexity index is 294. The van der Waals surface area contributed by atoms with Gasteiger partial charge in [-0.05, 0) is 25.5 Å². The summed E-state index contributed by atoms with van der Waals surface area (Å²) in [7, 11) is -2.54. The van der Waals surface area contributed by atoms with Gasteiger partial charge in [0.25, 0.3) is 0 Å². The van der Waals surface area contributed by atoms with Crippen molar-refractivity contribution in [3.63, 3.8) is 0 Å². The van der Waals surface area contributed by atoms with Gasteiger partial charge in [0, 0.05) is 12.7 Å². The maximum atomic E-state index is 6.45. The molecule has 0 N–H and O–H groups in total. The summed E-state index contributed by atoms with van der Waals surface area (Å²) >= 11 is 6.45. The summed E-state index contributed by atoms with van der Waals surface area (Å²) < 4.78 is 11.4. The van der Waals surface area contributed by atoms with Crippen LogP contribution in [0.5, 0.6) is 5.75 Å². The van der Waals surface area contributed by atoms with Crippen molar-refractivity contribution in [2.75, 3.05) is 6.61 Å². The van der Waals surface area contributed by atoms with E-state index in [1.807, 2.05) is 37.3 Å². The molecule has 2 nitrogen and oxygen atoms in total. The summed E-state index contributed by atoms with van der Waals surface area (Å²) in [6, 6.07) is 10.5. The molecule has 0 radical (unpaired) electrons. The molecular formula is C12H19ClO2Si. The number of benzene rings is 1. The summed E-state index contributed by atoms with van der Waals surface area (Å²) in [6.07, 6.45) is 2.15. The lowest BCUT2D eigenvalue weighted by molar-refractivity contribution is 0.270. The predicted molar refractivity (Wildman–Crippen MR) is 70.0 cm³/mol. The average Bonchev–Trinajstić information content (AvgIpc) is 2.28. The molecule has 0 heterocycles. The van der Waals surface area contributed by atoms with E-state index < -0.39 is 7.87 Å². The first-order valence-corrected chi connectivity index (χ1v) is 8.80. The summed E-state index contributed by atoms with van der Waals surface area (Å²) in [5, 5.41) is 0. The SMILES string of the molecule is CCCC[Si](Cl)(OCC)Oc1ccccc1. The highest BCUT2D eigenvalue weighted by atomic mass is 35.6. The highest BCUT2D eigenvalue weighted by molar-refractivity contribution is 7.13. The number of halogens is 1. The largest absolute Gasteiger partial charge is 0.510 e. The van der Waals surface area contributed by atoms with Gasteiger partial charge in [-0.2, -0.15) is 0 Å². The Morgan fingerprint density at radius 3 is 2.44 bits per heavy atom. The molecular weight excluding hydrogens is 240 g/mol. The molecule has 0 saturated carbocycles. The number of hydrogen-bond acceptors (Lipinski definition) is 2. The number of para-hydroxylation sites is 1. The van der Waals surface area contributed by atoms with Crippen molar-refractivity contribution in [1.29, 1.82) is 0 Å². The van der Waals surface area contributed by atoms with E-state index in [9.17, 15) is 0 Å². The molecule has 0 saturated heterocycles. The number of hydrogen-bond donors (Lipinski definition) is 0. The zero-order valence-electron chi connectivity index (χ0n) is 9.91. The third-order valence-electron chi connectivity index (χ3n) is 2.20. The molecule has 16 heavy (non-hydrogen) atoms. The van der Waals surface area contributed by atoms with Crippen molar-refractivity contribution < 1.29 is 8.85 Å². The normalized spacial score (nSPS) is 14.4. The van der Waals surface area contributed by atoms with Crippen LogP contribution < -0.4 is 4.43 Å². The monoisotopic (exact) mass is 258 g/mol. The summed E-state index contributed by atoms with van der Waals surface area (Å²) in [5.41, 5.74) is 0. The van der Waals surface area contributed by atoms with Crippen molar-refractivity contribution >= 4 is 18.9 Å². The molecule has 0 fully saturated rings. The van der Waals surface area contributed by atoms with E-state index in [1.165, 1.54) is 0 Å². The molecule has 1 unspecified atom stereocenters. The Balaban J connectivity index is 2.62. The summed E-state index contributed by atoms with van der Waals surface area (Å²) in [4.78, 5) is 0. The van der Waals surface area contributed by atoms with Gasteiger partial charge in [-0.3, -0.25) is 0 Å². The van der Waals surface area contributed by atoms with Crippen LogP contribution in [0.2, 0.25) is 6.04 Å². The molecule has 1 aromatic carbocycles. The summed E-state index contributed by atoms with van der Waals surface area (Å²) in [6.45, 7) is 4.69. The molecule has 1 atom stereocenters. The zero-order valence-corrected chi connectivity index (χ0v) is 11.7. The van der Waals surface area contributed by atoms with Crippen LogP contribution in [-0.2, 0) is 4.43 Å². The third-order valence-corrected chi connectivity index (χ3v) is 5.54. The quantitative estimate of drug-likeness (QED) is 0.542. The van der Waals surface area contributed by atoms with Gasteiger partial charge in [0.15, 0.2) is 0 Å².